The van der Waals surface area contributed by atoms with Gasteiger partial charge < -0.3 is 20.4 Å². The molecule has 0 aliphatic carbocycles. The first-order valence-electron chi connectivity index (χ1n) is 13.3. The van der Waals surface area contributed by atoms with Crippen LogP contribution in [0, 0.1) is 0 Å². The summed E-state index contributed by atoms with van der Waals surface area (Å²) in [6.45, 7) is 13.0. The van der Waals surface area contributed by atoms with E-state index in [0.717, 1.165) is 48.9 Å². The van der Waals surface area contributed by atoms with Gasteiger partial charge in [0.25, 0.3) is 0 Å². The predicted molar refractivity (Wildman–Crippen MR) is 155 cm³/mol. The van der Waals surface area contributed by atoms with Crippen molar-refractivity contribution in [1.29, 1.82) is 0 Å². The zero-order valence-electron chi connectivity index (χ0n) is 23.5. The molecule has 0 bridgehead atoms. The normalized spacial score (nSPS) is 17.9. The summed E-state index contributed by atoms with van der Waals surface area (Å²) in [5.74, 6) is 0.909. The molecule has 3 heterocycles. The third-order valence-corrected chi connectivity index (χ3v) is 7.66. The van der Waals surface area contributed by atoms with E-state index in [9.17, 15) is 0 Å². The highest BCUT2D eigenvalue weighted by atomic mass is 32.1. The number of hydrogen-bond donors (Lipinski definition) is 2. The molecule has 1 atom stereocenters. The Morgan fingerprint density at radius 2 is 1.70 bits per heavy atom. The van der Waals surface area contributed by atoms with Crippen molar-refractivity contribution in [3.05, 3.63) is 65.7 Å². The lowest BCUT2D eigenvalue weighted by Crippen LogP contribution is -2.62. The molecule has 1 saturated heterocycles. The minimum Gasteiger partial charge on any atom is -0.378 e. The lowest BCUT2D eigenvalue weighted by Gasteiger charge is -2.47. The van der Waals surface area contributed by atoms with Gasteiger partial charge >= 0.3 is 0 Å². The highest BCUT2D eigenvalue weighted by Crippen LogP contribution is 2.29. The van der Waals surface area contributed by atoms with E-state index in [4.69, 9.17) is 9.36 Å². The largest absolute Gasteiger partial charge is 0.378 e. The Morgan fingerprint density at radius 3 is 2.32 bits per heavy atom. The summed E-state index contributed by atoms with van der Waals surface area (Å²) in [5, 5.41) is 8.59. The van der Waals surface area contributed by atoms with Gasteiger partial charge in [-0.1, -0.05) is 18.2 Å². The van der Waals surface area contributed by atoms with Crippen molar-refractivity contribution in [3.8, 4) is 0 Å². The Morgan fingerprint density at radius 1 is 1.03 bits per heavy atom. The second-order valence-corrected chi connectivity index (χ2v) is 12.8. The second kappa shape index (κ2) is 11.5. The molecule has 1 aliphatic heterocycles. The first-order chi connectivity index (χ1) is 17.5. The minimum absolute atomic E-state index is 0.128. The third-order valence-electron chi connectivity index (χ3n) is 6.85. The molecule has 37 heavy (non-hydrogen) atoms. The van der Waals surface area contributed by atoms with Crippen molar-refractivity contribution in [2.45, 2.75) is 90.1 Å². The SMILES string of the molecule is CC(Cc1nsc(N(Cc2ccc(N(C)C)cc2)Cc2cccnc2)n1)NC1CC(C)(C)NC(C)(C)C1. The van der Waals surface area contributed by atoms with Crippen molar-refractivity contribution >= 4 is 22.4 Å². The summed E-state index contributed by atoms with van der Waals surface area (Å²) in [7, 11) is 4.13. The van der Waals surface area contributed by atoms with Gasteiger partial charge in [-0.05, 0) is 76.8 Å². The molecule has 2 aromatic heterocycles. The van der Waals surface area contributed by atoms with Gasteiger partial charge in [0, 0.05) is 86.4 Å². The van der Waals surface area contributed by atoms with Crippen LogP contribution in [0.2, 0.25) is 0 Å². The molecule has 0 saturated carbocycles. The molecule has 200 valence electrons. The number of aromatic nitrogens is 3. The maximum Gasteiger partial charge on any atom is 0.205 e. The van der Waals surface area contributed by atoms with Crippen molar-refractivity contribution in [1.82, 2.24) is 25.0 Å². The molecule has 3 aromatic rings. The smallest absolute Gasteiger partial charge is 0.205 e. The zero-order chi connectivity index (χ0) is 26.6. The van der Waals surface area contributed by atoms with Crippen molar-refractivity contribution in [3.63, 3.8) is 0 Å². The van der Waals surface area contributed by atoms with E-state index in [-0.39, 0.29) is 11.1 Å². The van der Waals surface area contributed by atoms with Crippen LogP contribution < -0.4 is 20.4 Å². The van der Waals surface area contributed by atoms with Crippen LogP contribution in [0.15, 0.2) is 48.8 Å². The van der Waals surface area contributed by atoms with E-state index in [2.05, 4.69) is 104 Å². The number of benzene rings is 1. The quantitative estimate of drug-likeness (QED) is 0.388. The molecule has 1 fully saturated rings. The molecule has 8 heteroatoms. The predicted octanol–water partition coefficient (Wildman–Crippen LogP) is 5.04. The van der Waals surface area contributed by atoms with Crippen LogP contribution in [0.5, 0.6) is 0 Å². The molecule has 1 aliphatic rings. The fourth-order valence-corrected chi connectivity index (χ4v) is 6.35. The molecule has 4 rings (SSSR count). The summed E-state index contributed by atoms with van der Waals surface area (Å²) in [5.41, 5.74) is 3.86. The second-order valence-electron chi connectivity index (χ2n) is 12.0. The highest BCUT2D eigenvalue weighted by molar-refractivity contribution is 7.09. The van der Waals surface area contributed by atoms with Crippen LogP contribution in [0.4, 0.5) is 10.8 Å². The Hall–Kier alpha value is -2.55. The van der Waals surface area contributed by atoms with Crippen LogP contribution >= 0.6 is 11.5 Å². The van der Waals surface area contributed by atoms with Crippen LogP contribution in [-0.2, 0) is 19.5 Å². The number of hydrogen-bond acceptors (Lipinski definition) is 8. The van der Waals surface area contributed by atoms with Gasteiger partial charge in [0.2, 0.25) is 5.13 Å². The third kappa shape index (κ3) is 7.97. The van der Waals surface area contributed by atoms with Crippen molar-refractivity contribution in [2.75, 3.05) is 23.9 Å². The standard InChI is InChI=1S/C29H43N7S/c1-21(31-24-16-28(2,3)34-29(4,5)17-24)15-26-32-27(37-33-26)36(20-23-9-8-14-30-18-23)19-22-10-12-25(13-11-22)35(6)7/h8-14,18,21,24,31,34H,15-17,19-20H2,1-7H3. The summed E-state index contributed by atoms with van der Waals surface area (Å²) >= 11 is 1.49. The van der Waals surface area contributed by atoms with Crippen molar-refractivity contribution in [2.24, 2.45) is 0 Å². The van der Waals surface area contributed by atoms with Crippen molar-refractivity contribution < 1.29 is 0 Å². The first kappa shape index (κ1) is 27.5. The maximum atomic E-state index is 4.99. The number of nitrogens with zero attached hydrogens (tertiary/aromatic N) is 5. The Balaban J connectivity index is 1.44. The van der Waals surface area contributed by atoms with E-state index in [0.29, 0.717) is 12.1 Å². The fourth-order valence-electron chi connectivity index (χ4n) is 5.65. The van der Waals surface area contributed by atoms with Crippen LogP contribution in [0.25, 0.3) is 0 Å². The average Bonchev–Trinajstić information content (AvgIpc) is 3.25. The van der Waals surface area contributed by atoms with Crippen LogP contribution in [-0.4, -0.2) is 51.6 Å². The summed E-state index contributed by atoms with van der Waals surface area (Å²) in [4.78, 5) is 13.7. The lowest BCUT2D eigenvalue weighted by molar-refractivity contribution is 0.140. The Kier molecular flexibility index (Phi) is 8.51. The fraction of sp³-hybridized carbons (Fsp3) is 0.552. The van der Waals surface area contributed by atoms with Gasteiger partial charge in [0.05, 0.1) is 0 Å². The molecule has 0 amide bonds. The van der Waals surface area contributed by atoms with Gasteiger partial charge in [-0.25, -0.2) is 4.98 Å². The molecule has 1 aromatic carbocycles. The monoisotopic (exact) mass is 521 g/mol. The molecule has 0 spiro atoms. The molecule has 7 nitrogen and oxygen atoms in total. The maximum absolute atomic E-state index is 4.99. The molecule has 0 radical (unpaired) electrons. The van der Waals surface area contributed by atoms with Gasteiger partial charge in [0.15, 0.2) is 0 Å². The first-order valence-corrected chi connectivity index (χ1v) is 14.0. The summed E-state index contributed by atoms with van der Waals surface area (Å²) in [6, 6.07) is 13.6. The summed E-state index contributed by atoms with van der Waals surface area (Å²) in [6.07, 6.45) is 6.79. The summed E-state index contributed by atoms with van der Waals surface area (Å²) < 4.78 is 4.76. The average molecular weight is 522 g/mol. The number of piperidine rings is 1. The number of pyridine rings is 1. The van der Waals surface area contributed by atoms with E-state index >= 15 is 0 Å². The molecule has 1 unspecified atom stereocenters. The number of anilines is 2. The van der Waals surface area contributed by atoms with Crippen LogP contribution in [0.3, 0.4) is 0 Å². The Labute approximate surface area is 226 Å². The van der Waals surface area contributed by atoms with E-state index in [1.807, 2.05) is 18.5 Å². The van der Waals surface area contributed by atoms with Gasteiger partial charge in [0.1, 0.15) is 5.82 Å². The lowest BCUT2D eigenvalue weighted by atomic mass is 9.79. The topological polar surface area (TPSA) is 69.2 Å². The van der Waals surface area contributed by atoms with Gasteiger partial charge in [-0.3, -0.25) is 4.98 Å². The zero-order valence-corrected chi connectivity index (χ0v) is 24.3. The molecular weight excluding hydrogens is 478 g/mol. The molecular formula is C29H43N7S. The van der Waals surface area contributed by atoms with E-state index in [1.165, 1.54) is 22.8 Å². The van der Waals surface area contributed by atoms with E-state index < -0.39 is 0 Å². The molecule has 2 N–H and O–H groups in total. The van der Waals surface area contributed by atoms with E-state index in [1.54, 1.807) is 0 Å². The number of nitrogens with one attached hydrogen (secondary N) is 2. The van der Waals surface area contributed by atoms with Gasteiger partial charge in [-0.2, -0.15) is 4.37 Å². The minimum atomic E-state index is 0.128. The number of rotatable bonds is 10. The Bertz CT molecular complexity index is 1110. The van der Waals surface area contributed by atoms with Crippen LogP contribution in [0.1, 0.15) is 64.4 Å². The van der Waals surface area contributed by atoms with Gasteiger partial charge in [-0.15, -0.1) is 0 Å². The highest BCUT2D eigenvalue weighted by Gasteiger charge is 2.37.